The van der Waals surface area contributed by atoms with Crippen LogP contribution in [0.15, 0.2) is 41.1 Å². The Morgan fingerprint density at radius 1 is 1.24 bits per heavy atom. The number of carbonyl (C=O) groups excluding carboxylic acids is 1. The average Bonchev–Trinajstić information content (AvgIpc) is 2.85. The van der Waals surface area contributed by atoms with Crippen molar-refractivity contribution < 1.29 is 9.21 Å². The van der Waals surface area contributed by atoms with E-state index in [1.807, 2.05) is 38.1 Å². The molecule has 0 aliphatic carbocycles. The van der Waals surface area contributed by atoms with Crippen LogP contribution in [-0.4, -0.2) is 15.9 Å². The van der Waals surface area contributed by atoms with Gasteiger partial charge in [0.05, 0.1) is 11.9 Å². The first kappa shape index (κ1) is 13.3. The second kappa shape index (κ2) is 5.36. The number of aryl methyl sites for hydroxylation is 2. The fourth-order valence-corrected chi connectivity index (χ4v) is 2.14. The van der Waals surface area contributed by atoms with Crippen LogP contribution in [0, 0.1) is 13.8 Å². The smallest absolute Gasteiger partial charge is 0.233 e. The van der Waals surface area contributed by atoms with Gasteiger partial charge in [0.15, 0.2) is 5.58 Å². The second-order valence-corrected chi connectivity index (χ2v) is 4.95. The van der Waals surface area contributed by atoms with E-state index >= 15 is 0 Å². The molecule has 0 atom stereocenters. The van der Waals surface area contributed by atoms with Crippen LogP contribution in [0.4, 0.5) is 5.69 Å². The van der Waals surface area contributed by atoms with Gasteiger partial charge in [0.2, 0.25) is 11.8 Å². The predicted molar refractivity (Wildman–Crippen MR) is 80.1 cm³/mol. The Hall–Kier alpha value is -2.69. The molecule has 21 heavy (non-hydrogen) atoms. The number of oxazole rings is 1. The summed E-state index contributed by atoms with van der Waals surface area (Å²) in [6, 6.07) is 7.59. The first-order valence-electron chi connectivity index (χ1n) is 6.69. The van der Waals surface area contributed by atoms with Gasteiger partial charge in [-0.2, -0.15) is 0 Å². The summed E-state index contributed by atoms with van der Waals surface area (Å²) in [5.41, 5.74) is 4.18. The molecule has 5 nitrogen and oxygen atoms in total. The zero-order valence-corrected chi connectivity index (χ0v) is 11.9. The molecule has 0 saturated heterocycles. The van der Waals surface area contributed by atoms with Crippen molar-refractivity contribution in [3.63, 3.8) is 0 Å². The topological polar surface area (TPSA) is 68.0 Å². The van der Waals surface area contributed by atoms with Crippen LogP contribution in [-0.2, 0) is 11.2 Å². The van der Waals surface area contributed by atoms with Crippen molar-refractivity contribution in [1.29, 1.82) is 0 Å². The Morgan fingerprint density at radius 2 is 2.10 bits per heavy atom. The Labute approximate surface area is 122 Å². The standard InChI is InChI=1S/C16H15N3O2/c1-10-6-7-17-9-13(10)18-14(20)8-15-19-12-5-3-4-11(2)16(12)21-15/h3-7,9H,8H2,1-2H3,(H,18,20). The Bertz CT molecular complexity index is 808. The Morgan fingerprint density at radius 3 is 2.86 bits per heavy atom. The maximum Gasteiger partial charge on any atom is 0.233 e. The van der Waals surface area contributed by atoms with E-state index < -0.39 is 0 Å². The highest BCUT2D eigenvalue weighted by Gasteiger charge is 2.12. The number of pyridine rings is 1. The van der Waals surface area contributed by atoms with Gasteiger partial charge in [0.25, 0.3) is 0 Å². The molecule has 3 rings (SSSR count). The molecule has 2 aromatic heterocycles. The van der Waals surface area contributed by atoms with Crippen molar-refractivity contribution in [2.45, 2.75) is 20.3 Å². The van der Waals surface area contributed by atoms with Gasteiger partial charge in [0, 0.05) is 6.20 Å². The number of carbonyl (C=O) groups is 1. The van der Waals surface area contributed by atoms with E-state index in [0.29, 0.717) is 11.6 Å². The maximum absolute atomic E-state index is 12.1. The highest BCUT2D eigenvalue weighted by molar-refractivity contribution is 5.92. The first-order chi connectivity index (χ1) is 10.1. The van der Waals surface area contributed by atoms with Crippen molar-refractivity contribution in [3.8, 4) is 0 Å². The van der Waals surface area contributed by atoms with E-state index in [0.717, 1.165) is 22.2 Å². The minimum Gasteiger partial charge on any atom is -0.440 e. The van der Waals surface area contributed by atoms with Gasteiger partial charge in [-0.3, -0.25) is 9.78 Å². The molecule has 1 N–H and O–H groups in total. The summed E-state index contributed by atoms with van der Waals surface area (Å²) in [4.78, 5) is 20.4. The van der Waals surface area contributed by atoms with E-state index in [1.54, 1.807) is 12.4 Å². The average molecular weight is 281 g/mol. The number of nitrogens with one attached hydrogen (secondary N) is 1. The Kier molecular flexibility index (Phi) is 3.39. The quantitative estimate of drug-likeness (QED) is 0.801. The molecule has 0 fully saturated rings. The summed E-state index contributed by atoms with van der Waals surface area (Å²) in [5.74, 6) is 0.244. The maximum atomic E-state index is 12.1. The third kappa shape index (κ3) is 2.76. The third-order valence-electron chi connectivity index (χ3n) is 3.28. The van der Waals surface area contributed by atoms with Crippen LogP contribution in [0.25, 0.3) is 11.1 Å². The minimum atomic E-state index is -0.171. The lowest BCUT2D eigenvalue weighted by Gasteiger charge is -2.05. The number of para-hydroxylation sites is 1. The third-order valence-corrected chi connectivity index (χ3v) is 3.28. The molecule has 0 saturated carbocycles. The highest BCUT2D eigenvalue weighted by Crippen LogP contribution is 2.20. The molecule has 0 spiro atoms. The lowest BCUT2D eigenvalue weighted by molar-refractivity contribution is -0.115. The molecule has 3 aromatic rings. The summed E-state index contributed by atoms with van der Waals surface area (Å²) in [5, 5.41) is 2.82. The zero-order chi connectivity index (χ0) is 14.8. The summed E-state index contributed by atoms with van der Waals surface area (Å²) in [6.07, 6.45) is 3.42. The molecule has 0 bridgehead atoms. The molecule has 5 heteroatoms. The van der Waals surface area contributed by atoms with Gasteiger partial charge >= 0.3 is 0 Å². The van der Waals surface area contributed by atoms with Crippen LogP contribution in [0.2, 0.25) is 0 Å². The van der Waals surface area contributed by atoms with Crippen molar-refractivity contribution in [2.75, 3.05) is 5.32 Å². The highest BCUT2D eigenvalue weighted by atomic mass is 16.3. The van der Waals surface area contributed by atoms with Gasteiger partial charge in [-0.25, -0.2) is 4.98 Å². The molecule has 106 valence electrons. The fourth-order valence-electron chi connectivity index (χ4n) is 2.14. The van der Waals surface area contributed by atoms with E-state index in [4.69, 9.17) is 4.42 Å². The number of hydrogen-bond acceptors (Lipinski definition) is 4. The van der Waals surface area contributed by atoms with Gasteiger partial charge in [0.1, 0.15) is 11.9 Å². The molecule has 1 amide bonds. The number of benzene rings is 1. The number of amides is 1. The van der Waals surface area contributed by atoms with Crippen LogP contribution >= 0.6 is 0 Å². The number of anilines is 1. The number of rotatable bonds is 3. The number of hydrogen-bond donors (Lipinski definition) is 1. The molecular weight excluding hydrogens is 266 g/mol. The number of nitrogens with zero attached hydrogens (tertiary/aromatic N) is 2. The van der Waals surface area contributed by atoms with Crippen molar-refractivity contribution in [1.82, 2.24) is 9.97 Å². The summed E-state index contributed by atoms with van der Waals surface area (Å²) in [7, 11) is 0. The van der Waals surface area contributed by atoms with E-state index in [2.05, 4.69) is 15.3 Å². The van der Waals surface area contributed by atoms with Crippen LogP contribution in [0.5, 0.6) is 0 Å². The molecule has 0 aliphatic heterocycles. The first-order valence-corrected chi connectivity index (χ1v) is 6.69. The molecule has 0 radical (unpaired) electrons. The zero-order valence-electron chi connectivity index (χ0n) is 11.9. The molecular formula is C16H15N3O2. The van der Waals surface area contributed by atoms with Crippen molar-refractivity contribution >= 4 is 22.7 Å². The monoisotopic (exact) mass is 281 g/mol. The van der Waals surface area contributed by atoms with Crippen LogP contribution in [0.3, 0.4) is 0 Å². The van der Waals surface area contributed by atoms with Crippen molar-refractivity contribution in [2.24, 2.45) is 0 Å². The van der Waals surface area contributed by atoms with E-state index in [9.17, 15) is 4.79 Å². The largest absolute Gasteiger partial charge is 0.440 e. The Balaban J connectivity index is 1.77. The van der Waals surface area contributed by atoms with Gasteiger partial charge in [-0.05, 0) is 37.1 Å². The molecule has 0 aliphatic rings. The van der Waals surface area contributed by atoms with Gasteiger partial charge < -0.3 is 9.73 Å². The lowest BCUT2D eigenvalue weighted by Crippen LogP contribution is -2.15. The van der Waals surface area contributed by atoms with E-state index in [1.165, 1.54) is 0 Å². The SMILES string of the molecule is Cc1ccncc1NC(=O)Cc1nc2cccc(C)c2o1. The molecule has 2 heterocycles. The molecule has 0 unspecified atom stereocenters. The second-order valence-electron chi connectivity index (χ2n) is 4.95. The number of aromatic nitrogens is 2. The summed E-state index contributed by atoms with van der Waals surface area (Å²) < 4.78 is 5.65. The van der Waals surface area contributed by atoms with E-state index in [-0.39, 0.29) is 12.3 Å². The van der Waals surface area contributed by atoms with Crippen LogP contribution in [0.1, 0.15) is 17.0 Å². The van der Waals surface area contributed by atoms with Gasteiger partial charge in [-0.15, -0.1) is 0 Å². The number of fused-ring (bicyclic) bond motifs is 1. The normalized spacial score (nSPS) is 10.8. The van der Waals surface area contributed by atoms with Crippen molar-refractivity contribution in [3.05, 3.63) is 53.7 Å². The summed E-state index contributed by atoms with van der Waals surface area (Å²) in [6.45, 7) is 3.87. The fraction of sp³-hybridized carbons (Fsp3) is 0.188. The predicted octanol–water partition coefficient (Wildman–Crippen LogP) is 3.02. The minimum absolute atomic E-state index is 0.0997. The molecule has 1 aromatic carbocycles. The summed E-state index contributed by atoms with van der Waals surface area (Å²) >= 11 is 0. The van der Waals surface area contributed by atoms with Gasteiger partial charge in [-0.1, -0.05) is 12.1 Å². The lowest BCUT2D eigenvalue weighted by atomic mass is 10.2. The van der Waals surface area contributed by atoms with Crippen LogP contribution < -0.4 is 5.32 Å².